The van der Waals surface area contributed by atoms with Gasteiger partial charge in [-0.25, -0.2) is 9.38 Å². The van der Waals surface area contributed by atoms with Gasteiger partial charge >= 0.3 is 0 Å². The largest absolute Gasteiger partial charge is 0.357 e. The topological polar surface area (TPSA) is 63.5 Å². The minimum Gasteiger partial charge on any atom is -0.357 e. The summed E-state index contributed by atoms with van der Waals surface area (Å²) < 4.78 is 13.9. The van der Waals surface area contributed by atoms with Crippen molar-refractivity contribution in [1.82, 2.24) is 15.5 Å². The Morgan fingerprint density at radius 1 is 1.23 bits per heavy atom. The Morgan fingerprint density at radius 2 is 1.92 bits per heavy atom. The van der Waals surface area contributed by atoms with E-state index in [9.17, 15) is 4.39 Å². The van der Waals surface area contributed by atoms with Gasteiger partial charge in [-0.05, 0) is 59.2 Å². The minimum absolute atomic E-state index is 0.195. The van der Waals surface area contributed by atoms with Crippen molar-refractivity contribution in [3.63, 3.8) is 0 Å². The van der Waals surface area contributed by atoms with E-state index in [1.165, 1.54) is 12.1 Å². The molecule has 0 aromatic heterocycles. The molecule has 0 bridgehead atoms. The lowest BCUT2D eigenvalue weighted by Crippen LogP contribution is -2.41. The number of benzene rings is 1. The maximum Gasteiger partial charge on any atom is 0.191 e. The maximum atomic E-state index is 13.9. The standard InChI is InChI=1S/C20H32FN5/c1-6-23-20(24-10-7-11-26(15(2)3)16(4)5)25-14-18-12-17(13-22)8-9-19(18)21/h8-9,12,15-16H,6-7,10-11,14H2,1-5H3,(H2,23,24,25). The molecule has 1 aromatic rings. The predicted octanol–water partition coefficient (Wildman–Crippen LogP) is 3.26. The molecule has 0 radical (unpaired) electrons. The molecule has 0 atom stereocenters. The van der Waals surface area contributed by atoms with Crippen LogP contribution >= 0.6 is 0 Å². The van der Waals surface area contributed by atoms with Crippen molar-refractivity contribution in [2.75, 3.05) is 19.6 Å². The fourth-order valence-electron chi connectivity index (χ4n) is 2.85. The van der Waals surface area contributed by atoms with Crippen molar-refractivity contribution in [3.05, 3.63) is 35.1 Å². The molecule has 0 spiro atoms. The summed E-state index contributed by atoms with van der Waals surface area (Å²) in [5, 5.41) is 15.4. The summed E-state index contributed by atoms with van der Waals surface area (Å²) in [6.07, 6.45) is 0.999. The molecule has 144 valence electrons. The highest BCUT2D eigenvalue weighted by Crippen LogP contribution is 2.11. The second kappa shape index (κ2) is 11.5. The highest BCUT2D eigenvalue weighted by Gasteiger charge is 2.12. The first-order valence-corrected chi connectivity index (χ1v) is 9.35. The molecule has 0 fully saturated rings. The van der Waals surface area contributed by atoms with Crippen LogP contribution < -0.4 is 10.6 Å². The van der Waals surface area contributed by atoms with E-state index in [2.05, 4.69) is 48.2 Å². The van der Waals surface area contributed by atoms with E-state index in [0.29, 0.717) is 29.2 Å². The van der Waals surface area contributed by atoms with Gasteiger partial charge in [0.2, 0.25) is 0 Å². The third kappa shape index (κ3) is 7.40. The highest BCUT2D eigenvalue weighted by molar-refractivity contribution is 5.79. The lowest BCUT2D eigenvalue weighted by Gasteiger charge is -2.30. The minimum atomic E-state index is -0.340. The van der Waals surface area contributed by atoms with E-state index in [-0.39, 0.29) is 12.4 Å². The van der Waals surface area contributed by atoms with Crippen LogP contribution in [0.25, 0.3) is 0 Å². The van der Waals surface area contributed by atoms with Gasteiger partial charge in [0.25, 0.3) is 0 Å². The molecule has 6 heteroatoms. The van der Waals surface area contributed by atoms with Gasteiger partial charge in [0.15, 0.2) is 5.96 Å². The molecule has 0 aliphatic heterocycles. The fraction of sp³-hybridized carbons (Fsp3) is 0.600. The number of nitriles is 1. The van der Waals surface area contributed by atoms with Gasteiger partial charge in [0.05, 0.1) is 18.2 Å². The van der Waals surface area contributed by atoms with Crippen LogP contribution in [-0.4, -0.2) is 42.6 Å². The van der Waals surface area contributed by atoms with Crippen molar-refractivity contribution < 1.29 is 4.39 Å². The molecular weight excluding hydrogens is 329 g/mol. The van der Waals surface area contributed by atoms with Crippen LogP contribution in [0.4, 0.5) is 4.39 Å². The first-order chi connectivity index (χ1) is 12.4. The second-order valence-corrected chi connectivity index (χ2v) is 6.82. The van der Waals surface area contributed by atoms with Gasteiger partial charge in [0.1, 0.15) is 5.82 Å². The Morgan fingerprint density at radius 3 is 2.50 bits per heavy atom. The van der Waals surface area contributed by atoms with E-state index in [4.69, 9.17) is 5.26 Å². The number of rotatable bonds is 9. The summed E-state index contributed by atoms with van der Waals surface area (Å²) in [5.74, 6) is 0.322. The van der Waals surface area contributed by atoms with Crippen LogP contribution in [0, 0.1) is 17.1 Å². The summed E-state index contributed by atoms with van der Waals surface area (Å²) in [7, 11) is 0. The molecule has 0 saturated carbocycles. The lowest BCUT2D eigenvalue weighted by molar-refractivity contribution is 0.173. The molecule has 2 N–H and O–H groups in total. The lowest BCUT2D eigenvalue weighted by atomic mass is 10.1. The molecule has 1 rings (SSSR count). The average Bonchev–Trinajstić information content (AvgIpc) is 2.59. The van der Waals surface area contributed by atoms with Gasteiger partial charge in [-0.1, -0.05) is 0 Å². The van der Waals surface area contributed by atoms with Crippen LogP contribution in [0.2, 0.25) is 0 Å². The Balaban J connectivity index is 2.60. The zero-order valence-electron chi connectivity index (χ0n) is 16.6. The van der Waals surface area contributed by atoms with Crippen LogP contribution in [0.3, 0.4) is 0 Å². The molecular formula is C20H32FN5. The Labute approximate surface area is 157 Å². The summed E-state index contributed by atoms with van der Waals surface area (Å²) in [4.78, 5) is 6.89. The third-order valence-electron chi connectivity index (χ3n) is 4.14. The number of guanidine groups is 1. The molecule has 0 amide bonds. The number of nitrogens with zero attached hydrogens (tertiary/aromatic N) is 3. The number of nitrogens with one attached hydrogen (secondary N) is 2. The number of hydrogen-bond donors (Lipinski definition) is 2. The Kier molecular flexibility index (Phi) is 9.67. The quantitative estimate of drug-likeness (QED) is 0.403. The molecule has 0 aliphatic carbocycles. The molecule has 0 heterocycles. The number of aliphatic imine (C=N–C) groups is 1. The zero-order chi connectivity index (χ0) is 19.5. The normalized spacial score (nSPS) is 11.9. The van der Waals surface area contributed by atoms with Crippen LogP contribution in [0.5, 0.6) is 0 Å². The van der Waals surface area contributed by atoms with Crippen LogP contribution in [0.1, 0.15) is 52.2 Å². The summed E-state index contributed by atoms with van der Waals surface area (Å²) in [6, 6.07) is 7.40. The summed E-state index contributed by atoms with van der Waals surface area (Å²) in [6.45, 7) is 13.6. The van der Waals surface area contributed by atoms with Crippen LogP contribution in [0.15, 0.2) is 23.2 Å². The van der Waals surface area contributed by atoms with Gasteiger partial charge in [-0.3, -0.25) is 4.90 Å². The molecule has 0 saturated heterocycles. The Bertz CT molecular complexity index is 611. The first-order valence-electron chi connectivity index (χ1n) is 9.35. The average molecular weight is 362 g/mol. The summed E-state index contributed by atoms with van der Waals surface area (Å²) >= 11 is 0. The smallest absolute Gasteiger partial charge is 0.191 e. The molecule has 1 aromatic carbocycles. The van der Waals surface area contributed by atoms with E-state index in [0.717, 1.165) is 26.1 Å². The van der Waals surface area contributed by atoms with Gasteiger partial charge in [-0.15, -0.1) is 0 Å². The van der Waals surface area contributed by atoms with Crippen molar-refractivity contribution in [2.24, 2.45) is 4.99 Å². The van der Waals surface area contributed by atoms with Crippen molar-refractivity contribution in [2.45, 2.75) is 59.7 Å². The van der Waals surface area contributed by atoms with Gasteiger partial charge in [0, 0.05) is 37.3 Å². The van der Waals surface area contributed by atoms with E-state index in [1.807, 2.05) is 13.0 Å². The fourth-order valence-corrected chi connectivity index (χ4v) is 2.85. The number of halogens is 1. The van der Waals surface area contributed by atoms with Gasteiger partial charge < -0.3 is 10.6 Å². The Hall–Kier alpha value is -2.13. The molecule has 26 heavy (non-hydrogen) atoms. The molecule has 0 unspecified atom stereocenters. The monoisotopic (exact) mass is 361 g/mol. The summed E-state index contributed by atoms with van der Waals surface area (Å²) in [5.41, 5.74) is 0.865. The highest BCUT2D eigenvalue weighted by atomic mass is 19.1. The van der Waals surface area contributed by atoms with E-state index >= 15 is 0 Å². The van der Waals surface area contributed by atoms with E-state index in [1.54, 1.807) is 6.07 Å². The van der Waals surface area contributed by atoms with Crippen molar-refractivity contribution >= 4 is 5.96 Å². The van der Waals surface area contributed by atoms with E-state index < -0.39 is 0 Å². The number of hydrogen-bond acceptors (Lipinski definition) is 3. The van der Waals surface area contributed by atoms with Crippen molar-refractivity contribution in [1.29, 1.82) is 5.26 Å². The maximum absolute atomic E-state index is 13.9. The van der Waals surface area contributed by atoms with Crippen molar-refractivity contribution in [3.8, 4) is 6.07 Å². The van der Waals surface area contributed by atoms with Crippen LogP contribution in [-0.2, 0) is 6.54 Å². The second-order valence-electron chi connectivity index (χ2n) is 6.82. The SMILES string of the molecule is CCNC(=NCc1cc(C#N)ccc1F)NCCCN(C(C)C)C(C)C. The first kappa shape index (κ1) is 21.9. The third-order valence-corrected chi connectivity index (χ3v) is 4.14. The molecule has 0 aliphatic rings. The zero-order valence-corrected chi connectivity index (χ0v) is 16.6. The predicted molar refractivity (Wildman–Crippen MR) is 106 cm³/mol. The molecule has 5 nitrogen and oxygen atoms in total. The van der Waals surface area contributed by atoms with Gasteiger partial charge in [-0.2, -0.15) is 5.26 Å².